The third-order valence-corrected chi connectivity index (χ3v) is 5.60. The number of piperidine rings is 1. The van der Waals surface area contributed by atoms with E-state index in [1.54, 1.807) is 30.3 Å². The van der Waals surface area contributed by atoms with Crippen molar-refractivity contribution in [3.05, 3.63) is 57.6 Å². The molecule has 0 saturated carbocycles. The van der Waals surface area contributed by atoms with Crippen LogP contribution in [0, 0.1) is 16.0 Å². The van der Waals surface area contributed by atoms with E-state index >= 15 is 0 Å². The Balaban J connectivity index is 1.44. The maximum atomic E-state index is 12.8. The second kappa shape index (κ2) is 7.71. The number of hydrogen-bond donors (Lipinski definition) is 1. The predicted molar refractivity (Wildman–Crippen MR) is 112 cm³/mol. The molecule has 1 aromatic heterocycles. The Bertz CT molecular complexity index is 1090. The van der Waals surface area contributed by atoms with Crippen LogP contribution >= 0.6 is 11.6 Å². The molecule has 9 heteroatoms. The van der Waals surface area contributed by atoms with Crippen LogP contribution in [-0.4, -0.2) is 33.5 Å². The fourth-order valence-electron chi connectivity index (χ4n) is 3.77. The Morgan fingerprint density at radius 1 is 1.24 bits per heavy atom. The van der Waals surface area contributed by atoms with Gasteiger partial charge in [-0.15, -0.1) is 0 Å². The molecule has 2 heterocycles. The van der Waals surface area contributed by atoms with Gasteiger partial charge in [-0.3, -0.25) is 20.2 Å². The number of amides is 1. The molecular weight excluding hydrogens is 394 g/mol. The summed E-state index contributed by atoms with van der Waals surface area (Å²) in [6, 6.07) is 12.1. The molecule has 4 rings (SSSR count). The number of carbonyl (C=O) groups is 1. The zero-order valence-electron chi connectivity index (χ0n) is 15.8. The molecule has 2 aromatic carbocycles. The third-order valence-electron chi connectivity index (χ3n) is 5.36. The van der Waals surface area contributed by atoms with Crippen molar-refractivity contribution in [1.29, 1.82) is 0 Å². The standard InChI is InChI=1S/C20H20ClN5O3/c1-24-16-7-6-14(21)12-15(16)22-20(24)23-19(27)13-8-10-25(11-9-13)17-4-2-3-5-18(17)26(28)29/h2-7,12-13H,8-11H2,1H3,(H,22,23,27). The van der Waals surface area contributed by atoms with Crippen LogP contribution in [0.2, 0.25) is 5.02 Å². The Morgan fingerprint density at radius 3 is 2.69 bits per heavy atom. The monoisotopic (exact) mass is 413 g/mol. The second-order valence-electron chi connectivity index (χ2n) is 7.12. The van der Waals surface area contributed by atoms with Gasteiger partial charge in [0.25, 0.3) is 5.69 Å². The first-order chi connectivity index (χ1) is 13.9. The van der Waals surface area contributed by atoms with Crippen LogP contribution < -0.4 is 10.2 Å². The minimum Gasteiger partial charge on any atom is -0.366 e. The van der Waals surface area contributed by atoms with Crippen molar-refractivity contribution in [2.75, 3.05) is 23.3 Å². The van der Waals surface area contributed by atoms with E-state index in [4.69, 9.17) is 11.6 Å². The number of carbonyl (C=O) groups excluding carboxylic acids is 1. The lowest BCUT2D eigenvalue weighted by Crippen LogP contribution is -2.38. The number of aryl methyl sites for hydroxylation is 1. The van der Waals surface area contributed by atoms with Gasteiger partial charge >= 0.3 is 0 Å². The summed E-state index contributed by atoms with van der Waals surface area (Å²) in [5, 5.41) is 14.8. The molecule has 1 aliphatic heterocycles. The topological polar surface area (TPSA) is 93.3 Å². The molecule has 0 aliphatic carbocycles. The first kappa shape index (κ1) is 19.2. The number of benzene rings is 2. The molecule has 0 bridgehead atoms. The van der Waals surface area contributed by atoms with E-state index < -0.39 is 0 Å². The third kappa shape index (κ3) is 3.75. The van der Waals surface area contributed by atoms with E-state index in [-0.39, 0.29) is 22.4 Å². The van der Waals surface area contributed by atoms with Crippen LogP contribution in [0.15, 0.2) is 42.5 Å². The fourth-order valence-corrected chi connectivity index (χ4v) is 3.93. The minimum absolute atomic E-state index is 0.0864. The van der Waals surface area contributed by atoms with Crippen molar-refractivity contribution in [1.82, 2.24) is 9.55 Å². The molecule has 3 aromatic rings. The molecule has 0 spiro atoms. The summed E-state index contributed by atoms with van der Waals surface area (Å²) in [5.41, 5.74) is 2.30. The molecule has 8 nitrogen and oxygen atoms in total. The number of aromatic nitrogens is 2. The molecule has 1 fully saturated rings. The molecule has 1 aliphatic rings. The summed E-state index contributed by atoms with van der Waals surface area (Å²) in [4.78, 5) is 30.1. The zero-order valence-corrected chi connectivity index (χ0v) is 16.6. The normalized spacial score (nSPS) is 14.9. The van der Waals surface area contributed by atoms with E-state index in [2.05, 4.69) is 10.3 Å². The number of nitrogens with one attached hydrogen (secondary N) is 1. The number of hydrogen-bond acceptors (Lipinski definition) is 5. The quantitative estimate of drug-likeness (QED) is 0.515. The Kier molecular flexibility index (Phi) is 5.10. The Labute approximate surface area is 172 Å². The van der Waals surface area contributed by atoms with Gasteiger partial charge in [-0.05, 0) is 37.1 Å². The van der Waals surface area contributed by atoms with Crippen LogP contribution in [0.3, 0.4) is 0 Å². The molecule has 1 amide bonds. The number of fused-ring (bicyclic) bond motifs is 1. The molecule has 1 saturated heterocycles. The van der Waals surface area contributed by atoms with Gasteiger partial charge in [0, 0.05) is 37.1 Å². The second-order valence-corrected chi connectivity index (χ2v) is 7.56. The highest BCUT2D eigenvalue weighted by Gasteiger charge is 2.28. The average molecular weight is 414 g/mol. The highest BCUT2D eigenvalue weighted by molar-refractivity contribution is 6.31. The molecule has 1 N–H and O–H groups in total. The molecule has 0 atom stereocenters. The van der Waals surface area contributed by atoms with Gasteiger partial charge in [-0.2, -0.15) is 0 Å². The summed E-state index contributed by atoms with van der Waals surface area (Å²) in [7, 11) is 1.84. The highest BCUT2D eigenvalue weighted by Crippen LogP contribution is 2.31. The van der Waals surface area contributed by atoms with Gasteiger partial charge < -0.3 is 9.47 Å². The highest BCUT2D eigenvalue weighted by atomic mass is 35.5. The largest absolute Gasteiger partial charge is 0.366 e. The number of halogens is 1. The van der Waals surface area contributed by atoms with Crippen molar-refractivity contribution in [2.45, 2.75) is 12.8 Å². The summed E-state index contributed by atoms with van der Waals surface area (Å²) in [6.45, 7) is 1.17. The molecule has 29 heavy (non-hydrogen) atoms. The van der Waals surface area contributed by atoms with E-state index in [1.165, 1.54) is 6.07 Å². The SMILES string of the molecule is Cn1c(NC(=O)C2CCN(c3ccccc3[N+](=O)[O-])CC2)nc2cc(Cl)ccc21. The maximum Gasteiger partial charge on any atom is 0.292 e. The van der Waals surface area contributed by atoms with Gasteiger partial charge in [-0.25, -0.2) is 4.98 Å². The molecule has 0 unspecified atom stereocenters. The molecular formula is C20H20ClN5O3. The van der Waals surface area contributed by atoms with Crippen LogP contribution in [0.5, 0.6) is 0 Å². The van der Waals surface area contributed by atoms with Crippen LogP contribution in [0.4, 0.5) is 17.3 Å². The molecule has 0 radical (unpaired) electrons. The van der Waals surface area contributed by atoms with Crippen LogP contribution in [0.1, 0.15) is 12.8 Å². The van der Waals surface area contributed by atoms with Gasteiger partial charge in [0.1, 0.15) is 5.69 Å². The number of rotatable bonds is 4. The first-order valence-corrected chi connectivity index (χ1v) is 9.73. The smallest absolute Gasteiger partial charge is 0.292 e. The number of imidazole rings is 1. The van der Waals surface area contributed by atoms with Gasteiger partial charge in [0.15, 0.2) is 0 Å². The Hall–Kier alpha value is -3.13. The number of anilines is 2. The van der Waals surface area contributed by atoms with E-state index in [1.807, 2.05) is 22.6 Å². The van der Waals surface area contributed by atoms with Crippen molar-refractivity contribution < 1.29 is 9.72 Å². The van der Waals surface area contributed by atoms with E-state index in [0.29, 0.717) is 42.6 Å². The maximum absolute atomic E-state index is 12.8. The van der Waals surface area contributed by atoms with Crippen molar-refractivity contribution in [3.63, 3.8) is 0 Å². The van der Waals surface area contributed by atoms with Crippen molar-refractivity contribution in [3.8, 4) is 0 Å². The fraction of sp³-hybridized carbons (Fsp3) is 0.300. The average Bonchev–Trinajstić information content (AvgIpc) is 3.02. The molecule has 150 valence electrons. The van der Waals surface area contributed by atoms with Gasteiger partial charge in [0.05, 0.1) is 16.0 Å². The lowest BCUT2D eigenvalue weighted by Gasteiger charge is -2.32. The minimum atomic E-state index is -0.369. The van der Waals surface area contributed by atoms with Gasteiger partial charge in [0.2, 0.25) is 11.9 Å². The van der Waals surface area contributed by atoms with Crippen LogP contribution in [0.25, 0.3) is 11.0 Å². The number of nitro groups is 1. The van der Waals surface area contributed by atoms with Crippen molar-refractivity contribution in [2.24, 2.45) is 13.0 Å². The van der Waals surface area contributed by atoms with Crippen molar-refractivity contribution >= 4 is 45.9 Å². The lowest BCUT2D eigenvalue weighted by molar-refractivity contribution is -0.384. The predicted octanol–water partition coefficient (Wildman–Crippen LogP) is 3.99. The number of nitro benzene ring substituents is 1. The lowest BCUT2D eigenvalue weighted by atomic mass is 9.95. The summed E-state index contributed by atoms with van der Waals surface area (Å²) in [5.74, 6) is 0.225. The number of para-hydroxylation sites is 2. The Morgan fingerprint density at radius 2 is 1.97 bits per heavy atom. The zero-order chi connectivity index (χ0) is 20.5. The van der Waals surface area contributed by atoms with Crippen LogP contribution in [-0.2, 0) is 11.8 Å². The van der Waals surface area contributed by atoms with Gasteiger partial charge in [-0.1, -0.05) is 23.7 Å². The summed E-state index contributed by atoms with van der Waals surface area (Å²) < 4.78 is 1.83. The van der Waals surface area contributed by atoms with E-state index in [0.717, 1.165) is 11.0 Å². The number of nitrogens with zero attached hydrogens (tertiary/aromatic N) is 4. The summed E-state index contributed by atoms with van der Waals surface area (Å²) in [6.07, 6.45) is 1.24. The summed E-state index contributed by atoms with van der Waals surface area (Å²) >= 11 is 6.02. The first-order valence-electron chi connectivity index (χ1n) is 9.35. The van der Waals surface area contributed by atoms with E-state index in [9.17, 15) is 14.9 Å².